The van der Waals surface area contributed by atoms with Crippen LogP contribution in [0, 0.1) is 55.4 Å². The summed E-state index contributed by atoms with van der Waals surface area (Å²) in [5.41, 5.74) is 10.1. The standard InChI is InChI=1S/C21H28O2/c1-12-9-20(18(7)16(5)14(12)3)22-11-23-21-10-13(2)15(4)17(6)19(21)8/h9-10H,11H2,1-8H3. The van der Waals surface area contributed by atoms with E-state index >= 15 is 0 Å². The summed E-state index contributed by atoms with van der Waals surface area (Å²) in [6, 6.07) is 4.19. The zero-order valence-corrected chi connectivity index (χ0v) is 15.7. The predicted octanol–water partition coefficient (Wildman–Crippen LogP) is 5.57. The summed E-state index contributed by atoms with van der Waals surface area (Å²) in [6.07, 6.45) is 0. The van der Waals surface area contributed by atoms with Crippen molar-refractivity contribution >= 4 is 0 Å². The van der Waals surface area contributed by atoms with E-state index in [1.807, 2.05) is 0 Å². The molecule has 0 saturated heterocycles. The minimum Gasteiger partial charge on any atom is -0.457 e. The fourth-order valence-electron chi connectivity index (χ4n) is 2.81. The molecule has 0 radical (unpaired) electrons. The molecular formula is C21H28O2. The number of aryl methyl sites for hydroxylation is 2. The van der Waals surface area contributed by atoms with Crippen molar-refractivity contribution in [3.8, 4) is 11.5 Å². The quantitative estimate of drug-likeness (QED) is 0.687. The minimum absolute atomic E-state index is 0.228. The Labute approximate surface area is 140 Å². The Morgan fingerprint density at radius 3 is 1.22 bits per heavy atom. The lowest BCUT2D eigenvalue weighted by Crippen LogP contribution is -2.09. The van der Waals surface area contributed by atoms with Gasteiger partial charge in [-0.2, -0.15) is 0 Å². The van der Waals surface area contributed by atoms with Crippen LogP contribution in [0.3, 0.4) is 0 Å². The summed E-state index contributed by atoms with van der Waals surface area (Å²) < 4.78 is 11.8. The van der Waals surface area contributed by atoms with Crippen molar-refractivity contribution in [3.63, 3.8) is 0 Å². The van der Waals surface area contributed by atoms with Crippen LogP contribution in [0.15, 0.2) is 12.1 Å². The van der Waals surface area contributed by atoms with Crippen molar-refractivity contribution in [2.24, 2.45) is 0 Å². The van der Waals surface area contributed by atoms with Crippen LogP contribution in [0.2, 0.25) is 0 Å². The van der Waals surface area contributed by atoms with Crippen LogP contribution in [0.25, 0.3) is 0 Å². The molecular weight excluding hydrogens is 284 g/mol. The molecule has 0 aliphatic heterocycles. The van der Waals surface area contributed by atoms with Gasteiger partial charge in [0.1, 0.15) is 11.5 Å². The average molecular weight is 312 g/mol. The molecule has 0 N–H and O–H groups in total. The molecule has 0 bridgehead atoms. The highest BCUT2D eigenvalue weighted by Gasteiger charge is 2.10. The zero-order valence-electron chi connectivity index (χ0n) is 15.7. The maximum atomic E-state index is 5.90. The normalized spacial score (nSPS) is 10.8. The van der Waals surface area contributed by atoms with Gasteiger partial charge in [-0.15, -0.1) is 0 Å². The third-order valence-electron chi connectivity index (χ3n) is 5.30. The molecule has 0 aromatic heterocycles. The van der Waals surface area contributed by atoms with Crippen molar-refractivity contribution in [2.45, 2.75) is 55.4 Å². The molecule has 0 unspecified atom stereocenters. The Balaban J connectivity index is 2.15. The van der Waals surface area contributed by atoms with Gasteiger partial charge >= 0.3 is 0 Å². The minimum atomic E-state index is 0.228. The second kappa shape index (κ2) is 6.66. The second-order valence-corrected chi connectivity index (χ2v) is 6.54. The zero-order chi connectivity index (χ0) is 17.3. The van der Waals surface area contributed by atoms with Gasteiger partial charge in [-0.25, -0.2) is 0 Å². The van der Waals surface area contributed by atoms with Crippen molar-refractivity contribution in [3.05, 3.63) is 56.6 Å². The van der Waals surface area contributed by atoms with Crippen LogP contribution in [-0.2, 0) is 0 Å². The van der Waals surface area contributed by atoms with Crippen LogP contribution < -0.4 is 9.47 Å². The summed E-state index contributed by atoms with van der Waals surface area (Å²) in [4.78, 5) is 0. The Bertz CT molecular complexity index is 679. The first-order valence-corrected chi connectivity index (χ1v) is 8.14. The smallest absolute Gasteiger partial charge is 0.230 e. The van der Waals surface area contributed by atoms with Gasteiger partial charge < -0.3 is 9.47 Å². The van der Waals surface area contributed by atoms with Crippen LogP contribution >= 0.6 is 0 Å². The molecule has 2 aromatic rings. The number of hydrogen-bond donors (Lipinski definition) is 0. The lowest BCUT2D eigenvalue weighted by atomic mass is 9.99. The summed E-state index contributed by atoms with van der Waals surface area (Å²) in [6.45, 7) is 17.2. The van der Waals surface area contributed by atoms with Gasteiger partial charge in [-0.1, -0.05) is 0 Å². The molecule has 0 fully saturated rings. The molecule has 0 spiro atoms. The third kappa shape index (κ3) is 3.36. The Hall–Kier alpha value is -1.96. The van der Waals surface area contributed by atoms with E-state index in [0.717, 1.165) is 11.5 Å². The lowest BCUT2D eigenvalue weighted by Gasteiger charge is -2.18. The molecule has 0 atom stereocenters. The summed E-state index contributed by atoms with van der Waals surface area (Å²) in [5, 5.41) is 0. The van der Waals surface area contributed by atoms with Gasteiger partial charge in [0.2, 0.25) is 6.79 Å². The maximum absolute atomic E-state index is 5.90. The van der Waals surface area contributed by atoms with Gasteiger partial charge in [-0.3, -0.25) is 0 Å². The second-order valence-electron chi connectivity index (χ2n) is 6.54. The molecule has 0 aliphatic carbocycles. The van der Waals surface area contributed by atoms with E-state index in [1.165, 1.54) is 44.5 Å². The van der Waals surface area contributed by atoms with Gasteiger partial charge in [0.15, 0.2) is 0 Å². The largest absolute Gasteiger partial charge is 0.457 e. The predicted molar refractivity (Wildman–Crippen MR) is 96.9 cm³/mol. The van der Waals surface area contributed by atoms with Crippen LogP contribution in [0.1, 0.15) is 44.5 Å². The van der Waals surface area contributed by atoms with Gasteiger partial charge in [0, 0.05) is 0 Å². The molecule has 0 aliphatic rings. The summed E-state index contributed by atoms with van der Waals surface area (Å²) in [7, 11) is 0. The van der Waals surface area contributed by atoms with Crippen molar-refractivity contribution in [2.75, 3.05) is 6.79 Å². The van der Waals surface area contributed by atoms with E-state index < -0.39 is 0 Å². The molecule has 0 heterocycles. The van der Waals surface area contributed by atoms with Crippen molar-refractivity contribution in [1.29, 1.82) is 0 Å². The Kier molecular flexibility index (Phi) is 5.03. The van der Waals surface area contributed by atoms with E-state index in [-0.39, 0.29) is 6.79 Å². The van der Waals surface area contributed by atoms with Gasteiger partial charge in [-0.05, 0) is 112 Å². The van der Waals surface area contributed by atoms with Gasteiger partial charge in [0.25, 0.3) is 0 Å². The van der Waals surface area contributed by atoms with E-state index in [9.17, 15) is 0 Å². The van der Waals surface area contributed by atoms with E-state index in [2.05, 4.69) is 67.5 Å². The highest BCUT2D eigenvalue weighted by atomic mass is 16.7. The van der Waals surface area contributed by atoms with Crippen LogP contribution in [-0.4, -0.2) is 6.79 Å². The first kappa shape index (κ1) is 17.4. The Morgan fingerprint density at radius 1 is 0.522 bits per heavy atom. The van der Waals surface area contributed by atoms with Crippen molar-refractivity contribution < 1.29 is 9.47 Å². The van der Waals surface area contributed by atoms with Crippen molar-refractivity contribution in [1.82, 2.24) is 0 Å². The molecule has 0 amide bonds. The first-order valence-electron chi connectivity index (χ1n) is 8.14. The summed E-state index contributed by atoms with van der Waals surface area (Å²) >= 11 is 0. The van der Waals surface area contributed by atoms with Crippen LogP contribution in [0.5, 0.6) is 11.5 Å². The first-order chi connectivity index (χ1) is 10.7. The molecule has 2 aromatic carbocycles. The monoisotopic (exact) mass is 312 g/mol. The number of hydrogen-bond acceptors (Lipinski definition) is 2. The summed E-state index contributed by atoms with van der Waals surface area (Å²) in [5.74, 6) is 1.81. The fraction of sp³-hybridized carbons (Fsp3) is 0.429. The van der Waals surface area contributed by atoms with Gasteiger partial charge in [0.05, 0.1) is 0 Å². The molecule has 23 heavy (non-hydrogen) atoms. The van der Waals surface area contributed by atoms with E-state index in [4.69, 9.17) is 9.47 Å². The SMILES string of the molecule is Cc1cc(OCOc2cc(C)c(C)c(C)c2C)c(C)c(C)c1C. The topological polar surface area (TPSA) is 18.5 Å². The van der Waals surface area contributed by atoms with E-state index in [0.29, 0.717) is 0 Å². The Morgan fingerprint density at radius 2 is 0.870 bits per heavy atom. The third-order valence-corrected chi connectivity index (χ3v) is 5.30. The number of ether oxygens (including phenoxy) is 2. The number of benzene rings is 2. The highest BCUT2D eigenvalue weighted by Crippen LogP contribution is 2.29. The molecule has 2 heteroatoms. The molecule has 2 nitrogen and oxygen atoms in total. The average Bonchev–Trinajstić information content (AvgIpc) is 2.52. The molecule has 124 valence electrons. The fourth-order valence-corrected chi connectivity index (χ4v) is 2.81. The lowest BCUT2D eigenvalue weighted by molar-refractivity contribution is 0.118. The molecule has 2 rings (SSSR count). The highest BCUT2D eigenvalue weighted by molar-refractivity contribution is 5.48. The molecule has 0 saturated carbocycles. The van der Waals surface area contributed by atoms with E-state index in [1.54, 1.807) is 0 Å². The maximum Gasteiger partial charge on any atom is 0.230 e. The van der Waals surface area contributed by atoms with Crippen LogP contribution in [0.4, 0.5) is 0 Å². The number of rotatable bonds is 4.